The van der Waals surface area contributed by atoms with Crippen LogP contribution >= 0.6 is 11.6 Å². The van der Waals surface area contributed by atoms with E-state index in [0.29, 0.717) is 54.9 Å². The van der Waals surface area contributed by atoms with Gasteiger partial charge in [-0.05, 0) is 55.8 Å². The first-order chi connectivity index (χ1) is 15.5. The number of carbonyl (C=O) groups is 1. The molecule has 0 atom stereocenters. The summed E-state index contributed by atoms with van der Waals surface area (Å²) in [5.74, 6) is 1.20. The molecule has 1 saturated heterocycles. The predicted molar refractivity (Wildman–Crippen MR) is 128 cm³/mol. The highest BCUT2D eigenvalue weighted by Gasteiger charge is 2.41. The Bertz CT molecular complexity index is 878. The summed E-state index contributed by atoms with van der Waals surface area (Å²) >= 11 is 6.08. The van der Waals surface area contributed by atoms with Gasteiger partial charge in [0.15, 0.2) is 11.5 Å². The van der Waals surface area contributed by atoms with E-state index in [4.69, 9.17) is 25.8 Å². The number of amides is 1. The van der Waals surface area contributed by atoms with Gasteiger partial charge in [0.1, 0.15) is 6.61 Å². The molecule has 2 aromatic rings. The van der Waals surface area contributed by atoms with Crippen LogP contribution in [0.4, 0.5) is 5.69 Å². The highest BCUT2D eigenvalue weighted by Crippen LogP contribution is 2.37. The van der Waals surface area contributed by atoms with Gasteiger partial charge in [0.25, 0.3) is 0 Å². The minimum atomic E-state index is -0.660. The highest BCUT2D eigenvalue weighted by molar-refractivity contribution is 6.30. The summed E-state index contributed by atoms with van der Waals surface area (Å²) < 4.78 is 17.0. The number of likely N-dealkylation sites (N-methyl/N-ethyl adjacent to an activating group) is 1. The first kappa shape index (κ1) is 24.4. The highest BCUT2D eigenvalue weighted by atomic mass is 35.5. The number of ether oxygens (including phenoxy) is 3. The number of nitrogens with one attached hydrogen (secondary N) is 1. The van der Waals surface area contributed by atoms with Crippen LogP contribution in [0.25, 0.3) is 0 Å². The van der Waals surface area contributed by atoms with Crippen LogP contribution in [0.1, 0.15) is 32.3 Å². The Morgan fingerprint density at radius 3 is 2.41 bits per heavy atom. The van der Waals surface area contributed by atoms with Crippen molar-refractivity contribution in [3.05, 3.63) is 53.1 Å². The van der Waals surface area contributed by atoms with E-state index < -0.39 is 5.41 Å². The van der Waals surface area contributed by atoms with E-state index in [0.717, 1.165) is 25.2 Å². The molecule has 1 fully saturated rings. The number of halogens is 1. The van der Waals surface area contributed by atoms with E-state index in [-0.39, 0.29) is 5.91 Å². The van der Waals surface area contributed by atoms with Crippen LogP contribution in [0.2, 0.25) is 5.02 Å². The summed E-state index contributed by atoms with van der Waals surface area (Å²) in [6, 6.07) is 13.0. The molecule has 1 N–H and O–H groups in total. The van der Waals surface area contributed by atoms with E-state index in [1.165, 1.54) is 0 Å². The van der Waals surface area contributed by atoms with E-state index in [1.807, 2.05) is 42.5 Å². The molecule has 0 bridgehead atoms. The minimum absolute atomic E-state index is 0.0534. The summed E-state index contributed by atoms with van der Waals surface area (Å²) in [6.45, 7) is 8.66. The maximum Gasteiger partial charge on any atom is 0.235 e. The van der Waals surface area contributed by atoms with Crippen molar-refractivity contribution in [3.63, 3.8) is 0 Å². The number of carbonyl (C=O) groups excluding carboxylic acids is 1. The van der Waals surface area contributed by atoms with Gasteiger partial charge >= 0.3 is 0 Å². The van der Waals surface area contributed by atoms with Crippen molar-refractivity contribution in [2.45, 2.75) is 32.1 Å². The molecule has 0 aromatic heterocycles. The van der Waals surface area contributed by atoms with E-state index in [1.54, 1.807) is 7.11 Å². The Morgan fingerprint density at radius 2 is 1.78 bits per heavy atom. The summed E-state index contributed by atoms with van der Waals surface area (Å²) in [5, 5.41) is 3.76. The molecule has 1 aliphatic heterocycles. The largest absolute Gasteiger partial charge is 0.493 e. The fourth-order valence-electron chi connectivity index (χ4n) is 4.08. The monoisotopic (exact) mass is 460 g/mol. The molecule has 0 spiro atoms. The van der Waals surface area contributed by atoms with Gasteiger partial charge in [-0.25, -0.2) is 0 Å². The average molecular weight is 461 g/mol. The van der Waals surface area contributed by atoms with Gasteiger partial charge in [0.2, 0.25) is 5.91 Å². The number of anilines is 1. The Morgan fingerprint density at radius 1 is 1.09 bits per heavy atom. The molecule has 0 aliphatic carbocycles. The minimum Gasteiger partial charge on any atom is -0.493 e. The maximum absolute atomic E-state index is 13.5. The topological polar surface area (TPSA) is 60.0 Å². The Kier molecular flexibility index (Phi) is 8.79. The zero-order chi connectivity index (χ0) is 23.0. The standard InChI is InChI=1S/C25H33ClN2O4/c1-4-28(5-2)14-17-32-23-18-21(10-11-22(23)30-3)27-24(29)25(12-15-31-16-13-25)19-6-8-20(26)9-7-19/h6-11,18H,4-5,12-17H2,1-3H3,(H,27,29). The molecule has 6 nitrogen and oxygen atoms in total. The lowest BCUT2D eigenvalue weighted by atomic mass is 9.73. The molecule has 3 rings (SSSR count). The SMILES string of the molecule is CCN(CC)CCOc1cc(NC(=O)C2(c3ccc(Cl)cc3)CCOCC2)ccc1OC. The van der Waals surface area contributed by atoms with Crippen LogP contribution in [-0.4, -0.2) is 57.4 Å². The fourth-order valence-corrected chi connectivity index (χ4v) is 4.20. The van der Waals surface area contributed by atoms with Crippen LogP contribution < -0.4 is 14.8 Å². The van der Waals surface area contributed by atoms with E-state index >= 15 is 0 Å². The van der Waals surface area contributed by atoms with Crippen molar-refractivity contribution in [2.75, 3.05) is 51.9 Å². The Labute approximate surface area is 195 Å². The van der Waals surface area contributed by atoms with Crippen molar-refractivity contribution >= 4 is 23.2 Å². The second-order valence-corrected chi connectivity index (χ2v) is 8.33. The number of methoxy groups -OCH3 is 1. The fraction of sp³-hybridized carbons (Fsp3) is 0.480. The quantitative estimate of drug-likeness (QED) is 0.554. The van der Waals surface area contributed by atoms with Gasteiger partial charge in [0.05, 0.1) is 12.5 Å². The second-order valence-electron chi connectivity index (χ2n) is 7.90. The normalized spacial score (nSPS) is 15.4. The number of hydrogen-bond donors (Lipinski definition) is 1. The Hall–Kier alpha value is -2.28. The molecular formula is C25H33ClN2O4. The molecule has 0 unspecified atom stereocenters. The Balaban J connectivity index is 1.78. The van der Waals surface area contributed by atoms with E-state index in [9.17, 15) is 4.79 Å². The van der Waals surface area contributed by atoms with E-state index in [2.05, 4.69) is 24.1 Å². The molecule has 2 aromatic carbocycles. The summed E-state index contributed by atoms with van der Waals surface area (Å²) in [5.41, 5.74) is 0.965. The van der Waals surface area contributed by atoms with Gasteiger partial charge in [0, 0.05) is 36.5 Å². The van der Waals surface area contributed by atoms with Gasteiger partial charge in [-0.3, -0.25) is 4.79 Å². The first-order valence-corrected chi connectivity index (χ1v) is 11.6. The zero-order valence-corrected chi connectivity index (χ0v) is 19.9. The first-order valence-electron chi connectivity index (χ1n) is 11.2. The number of rotatable bonds is 10. The predicted octanol–water partition coefficient (Wildman–Crippen LogP) is 4.76. The molecular weight excluding hydrogens is 428 g/mol. The van der Waals surface area contributed by atoms with Crippen molar-refractivity contribution in [1.82, 2.24) is 4.90 Å². The number of nitrogens with zero attached hydrogens (tertiary/aromatic N) is 1. The molecule has 1 amide bonds. The molecule has 0 radical (unpaired) electrons. The van der Waals surface area contributed by atoms with Gasteiger partial charge < -0.3 is 24.4 Å². The van der Waals surface area contributed by atoms with Crippen LogP contribution in [0.15, 0.2) is 42.5 Å². The number of hydrogen-bond acceptors (Lipinski definition) is 5. The van der Waals surface area contributed by atoms with Crippen LogP contribution in [0.3, 0.4) is 0 Å². The van der Waals surface area contributed by atoms with Crippen LogP contribution in [0, 0.1) is 0 Å². The third kappa shape index (κ3) is 5.74. The lowest BCUT2D eigenvalue weighted by molar-refractivity contribution is -0.125. The molecule has 174 valence electrons. The van der Waals surface area contributed by atoms with Crippen molar-refractivity contribution in [3.8, 4) is 11.5 Å². The third-order valence-corrected chi connectivity index (χ3v) is 6.41. The van der Waals surface area contributed by atoms with Crippen molar-refractivity contribution in [1.29, 1.82) is 0 Å². The smallest absolute Gasteiger partial charge is 0.235 e. The van der Waals surface area contributed by atoms with Crippen molar-refractivity contribution < 1.29 is 19.0 Å². The molecule has 7 heteroatoms. The third-order valence-electron chi connectivity index (χ3n) is 6.16. The lowest BCUT2D eigenvalue weighted by Crippen LogP contribution is -2.44. The van der Waals surface area contributed by atoms with Crippen LogP contribution in [0.5, 0.6) is 11.5 Å². The summed E-state index contributed by atoms with van der Waals surface area (Å²) in [6.07, 6.45) is 1.23. The molecule has 1 heterocycles. The maximum atomic E-state index is 13.5. The molecule has 32 heavy (non-hydrogen) atoms. The second kappa shape index (κ2) is 11.5. The van der Waals surface area contributed by atoms with Crippen LogP contribution in [-0.2, 0) is 14.9 Å². The van der Waals surface area contributed by atoms with Gasteiger partial charge in [-0.15, -0.1) is 0 Å². The summed E-state index contributed by atoms with van der Waals surface area (Å²) in [7, 11) is 1.61. The molecule has 1 aliphatic rings. The lowest BCUT2D eigenvalue weighted by Gasteiger charge is -2.36. The van der Waals surface area contributed by atoms with Crippen molar-refractivity contribution in [2.24, 2.45) is 0 Å². The summed E-state index contributed by atoms with van der Waals surface area (Å²) in [4.78, 5) is 15.8. The molecule has 0 saturated carbocycles. The van der Waals surface area contributed by atoms with Gasteiger partial charge in [-0.2, -0.15) is 0 Å². The average Bonchev–Trinajstić information content (AvgIpc) is 2.83. The number of benzene rings is 2. The van der Waals surface area contributed by atoms with Gasteiger partial charge in [-0.1, -0.05) is 37.6 Å². The zero-order valence-electron chi connectivity index (χ0n) is 19.2.